The molecule has 0 unspecified atom stereocenters. The number of sulfonamides is 1. The zero-order valence-corrected chi connectivity index (χ0v) is 20.2. The summed E-state index contributed by atoms with van der Waals surface area (Å²) in [6.07, 6.45) is 0. The molecule has 0 saturated heterocycles. The van der Waals surface area contributed by atoms with Gasteiger partial charge in [-0.15, -0.1) is 11.3 Å². The van der Waals surface area contributed by atoms with Crippen LogP contribution in [-0.2, 0) is 31.6 Å². The van der Waals surface area contributed by atoms with Gasteiger partial charge in [-0.05, 0) is 52.3 Å². The number of carbonyl (C=O) groups excluding carboxylic acids is 1. The summed E-state index contributed by atoms with van der Waals surface area (Å²) in [6, 6.07) is 17.7. The fourth-order valence-corrected chi connectivity index (χ4v) is 5.24. The van der Waals surface area contributed by atoms with Gasteiger partial charge in [0, 0.05) is 7.05 Å². The summed E-state index contributed by atoms with van der Waals surface area (Å²) in [6.45, 7) is 6.38. The third-order valence-corrected chi connectivity index (χ3v) is 8.05. The molecule has 0 radical (unpaired) electrons. The van der Waals surface area contributed by atoms with Gasteiger partial charge in [0.05, 0.1) is 5.69 Å². The Morgan fingerprint density at radius 1 is 1.00 bits per heavy atom. The number of carbonyl (C=O) groups is 1. The van der Waals surface area contributed by atoms with Gasteiger partial charge >= 0.3 is 5.97 Å². The molecule has 0 aliphatic carbocycles. The second-order valence-electron chi connectivity index (χ2n) is 8.29. The molecule has 6 nitrogen and oxygen atoms in total. The largest absolute Gasteiger partial charge is 0.482 e. The predicted octanol–water partition coefficient (Wildman–Crippen LogP) is 4.99. The smallest absolute Gasteiger partial charge is 0.344 e. The Labute approximate surface area is 193 Å². The van der Waals surface area contributed by atoms with E-state index < -0.39 is 16.0 Å². The first-order valence-corrected chi connectivity index (χ1v) is 12.4. The van der Waals surface area contributed by atoms with Crippen LogP contribution < -0.4 is 9.04 Å². The van der Waals surface area contributed by atoms with Crippen LogP contribution in [0.5, 0.6) is 5.75 Å². The van der Waals surface area contributed by atoms with E-state index in [9.17, 15) is 13.2 Å². The lowest BCUT2D eigenvalue weighted by Gasteiger charge is -2.19. The molecule has 3 rings (SSSR count). The lowest BCUT2D eigenvalue weighted by atomic mass is 9.87. The Morgan fingerprint density at radius 3 is 2.22 bits per heavy atom. The quantitative estimate of drug-likeness (QED) is 0.431. The fourth-order valence-electron chi connectivity index (χ4n) is 2.89. The predicted molar refractivity (Wildman–Crippen MR) is 127 cm³/mol. The highest BCUT2D eigenvalue weighted by atomic mass is 32.2. The van der Waals surface area contributed by atoms with Gasteiger partial charge < -0.3 is 9.47 Å². The topological polar surface area (TPSA) is 72.9 Å². The molecular weight excluding hydrogens is 446 g/mol. The molecule has 0 aliphatic rings. The molecule has 0 bridgehead atoms. The highest BCUT2D eigenvalue weighted by molar-refractivity contribution is 7.94. The Kier molecular flexibility index (Phi) is 7.26. The van der Waals surface area contributed by atoms with E-state index in [-0.39, 0.29) is 22.8 Å². The molecule has 2 aromatic carbocycles. The van der Waals surface area contributed by atoms with Gasteiger partial charge in [0.2, 0.25) is 0 Å². The van der Waals surface area contributed by atoms with E-state index in [4.69, 9.17) is 9.47 Å². The van der Waals surface area contributed by atoms with Crippen molar-refractivity contribution >= 4 is 33.0 Å². The van der Waals surface area contributed by atoms with Crippen molar-refractivity contribution < 1.29 is 22.7 Å². The number of benzene rings is 2. The van der Waals surface area contributed by atoms with Crippen molar-refractivity contribution in [3.8, 4) is 5.75 Å². The Bertz CT molecular complexity index is 1130. The number of anilines is 1. The maximum absolute atomic E-state index is 12.6. The molecule has 1 aromatic heterocycles. The van der Waals surface area contributed by atoms with Gasteiger partial charge in [0.25, 0.3) is 10.0 Å². The zero-order valence-electron chi connectivity index (χ0n) is 18.6. The molecule has 0 aliphatic heterocycles. The zero-order chi connectivity index (χ0) is 23.4. The Morgan fingerprint density at radius 2 is 1.66 bits per heavy atom. The van der Waals surface area contributed by atoms with Gasteiger partial charge in [0.1, 0.15) is 16.6 Å². The highest BCUT2D eigenvalue weighted by Crippen LogP contribution is 2.26. The minimum Gasteiger partial charge on any atom is -0.482 e. The van der Waals surface area contributed by atoms with Gasteiger partial charge in [-0.1, -0.05) is 51.1 Å². The number of nitrogens with zero attached hydrogens (tertiary/aromatic N) is 1. The lowest BCUT2D eigenvalue weighted by molar-refractivity contribution is -0.147. The third-order valence-electron chi connectivity index (χ3n) is 4.89. The molecule has 0 amide bonds. The van der Waals surface area contributed by atoms with E-state index in [2.05, 4.69) is 20.8 Å². The summed E-state index contributed by atoms with van der Waals surface area (Å²) < 4.78 is 37.4. The van der Waals surface area contributed by atoms with Crippen LogP contribution in [0.15, 0.2) is 70.3 Å². The van der Waals surface area contributed by atoms with Crippen LogP contribution in [0, 0.1) is 0 Å². The molecule has 0 fully saturated rings. The van der Waals surface area contributed by atoms with E-state index >= 15 is 0 Å². The molecule has 0 atom stereocenters. The summed E-state index contributed by atoms with van der Waals surface area (Å²) >= 11 is 1.17. The summed E-state index contributed by atoms with van der Waals surface area (Å²) in [7, 11) is -2.10. The second kappa shape index (κ2) is 9.75. The van der Waals surface area contributed by atoms with Crippen molar-refractivity contribution in [3.63, 3.8) is 0 Å². The first-order valence-electron chi connectivity index (χ1n) is 10.1. The lowest BCUT2D eigenvalue weighted by Crippen LogP contribution is -2.25. The van der Waals surface area contributed by atoms with Crippen LogP contribution in [0.2, 0.25) is 0 Å². The number of thiophene rings is 1. The monoisotopic (exact) mass is 473 g/mol. The average molecular weight is 474 g/mol. The highest BCUT2D eigenvalue weighted by Gasteiger charge is 2.22. The first kappa shape index (κ1) is 23.8. The summed E-state index contributed by atoms with van der Waals surface area (Å²) in [5, 5.41) is 1.72. The van der Waals surface area contributed by atoms with E-state index in [0.29, 0.717) is 11.4 Å². The van der Waals surface area contributed by atoms with Crippen LogP contribution >= 0.6 is 11.3 Å². The van der Waals surface area contributed by atoms with E-state index in [1.54, 1.807) is 41.8 Å². The molecule has 8 heteroatoms. The van der Waals surface area contributed by atoms with Gasteiger partial charge in [-0.3, -0.25) is 4.31 Å². The molecular formula is C24H27NO5S2. The van der Waals surface area contributed by atoms with Gasteiger partial charge in [-0.25, -0.2) is 13.2 Å². The number of rotatable bonds is 8. The average Bonchev–Trinajstić information content (AvgIpc) is 3.32. The summed E-state index contributed by atoms with van der Waals surface area (Å²) in [5.74, 6) is -0.0338. The molecule has 0 saturated carbocycles. The molecule has 3 aromatic rings. The van der Waals surface area contributed by atoms with Crippen molar-refractivity contribution in [2.75, 3.05) is 18.0 Å². The second-order valence-corrected chi connectivity index (χ2v) is 11.4. The van der Waals surface area contributed by atoms with Gasteiger partial charge in [0.15, 0.2) is 6.61 Å². The standard InChI is InChI=1S/C24H27NO5S2/c1-24(2,3)19-9-7-18(8-10-19)16-30-22(26)17-29-21-13-11-20(12-14-21)25(4)32(27,28)23-6-5-15-31-23/h5-15H,16-17H2,1-4H3. The van der Waals surface area contributed by atoms with E-state index in [1.165, 1.54) is 28.3 Å². The van der Waals surface area contributed by atoms with Crippen LogP contribution in [0.25, 0.3) is 0 Å². The number of ether oxygens (including phenoxy) is 2. The van der Waals surface area contributed by atoms with Crippen LogP contribution in [0.1, 0.15) is 31.9 Å². The maximum atomic E-state index is 12.6. The van der Waals surface area contributed by atoms with E-state index in [1.807, 2.05) is 24.3 Å². The molecule has 32 heavy (non-hydrogen) atoms. The maximum Gasteiger partial charge on any atom is 0.344 e. The molecule has 170 valence electrons. The van der Waals surface area contributed by atoms with Crippen LogP contribution in [-0.4, -0.2) is 28.0 Å². The summed E-state index contributed by atoms with van der Waals surface area (Å²) in [4.78, 5) is 12.0. The van der Waals surface area contributed by atoms with Crippen molar-refractivity contribution in [2.24, 2.45) is 0 Å². The Balaban J connectivity index is 1.50. The van der Waals surface area contributed by atoms with Crippen molar-refractivity contribution in [2.45, 2.75) is 37.0 Å². The third kappa shape index (κ3) is 5.89. The van der Waals surface area contributed by atoms with E-state index in [0.717, 1.165) is 5.56 Å². The minimum atomic E-state index is -3.60. The number of hydrogen-bond donors (Lipinski definition) is 0. The first-order chi connectivity index (χ1) is 15.1. The Hall–Kier alpha value is -2.84. The minimum absolute atomic E-state index is 0.0710. The SMILES string of the molecule is CN(c1ccc(OCC(=O)OCc2ccc(C(C)(C)C)cc2)cc1)S(=O)(=O)c1cccs1. The summed E-state index contributed by atoms with van der Waals surface area (Å²) in [5.41, 5.74) is 2.69. The van der Waals surface area contributed by atoms with Crippen LogP contribution in [0.3, 0.4) is 0 Å². The van der Waals surface area contributed by atoms with Crippen molar-refractivity contribution in [1.82, 2.24) is 0 Å². The number of esters is 1. The molecule has 0 N–H and O–H groups in total. The van der Waals surface area contributed by atoms with Crippen LogP contribution in [0.4, 0.5) is 5.69 Å². The van der Waals surface area contributed by atoms with Crippen molar-refractivity contribution in [1.29, 1.82) is 0 Å². The number of hydrogen-bond acceptors (Lipinski definition) is 6. The molecule has 1 heterocycles. The van der Waals surface area contributed by atoms with Crippen molar-refractivity contribution in [3.05, 3.63) is 77.2 Å². The van der Waals surface area contributed by atoms with Gasteiger partial charge in [-0.2, -0.15) is 0 Å². The normalized spacial score (nSPS) is 11.8. The molecule has 0 spiro atoms. The fraction of sp³-hybridized carbons (Fsp3) is 0.292.